The van der Waals surface area contributed by atoms with E-state index >= 15 is 0 Å². The second kappa shape index (κ2) is 6.05. The molecule has 0 unspecified atom stereocenters. The molecule has 0 aliphatic heterocycles. The summed E-state index contributed by atoms with van der Waals surface area (Å²) in [6.07, 6.45) is 1.82. The van der Waals surface area contributed by atoms with Crippen molar-refractivity contribution < 1.29 is 9.66 Å². The van der Waals surface area contributed by atoms with Gasteiger partial charge in [-0.25, -0.2) is 0 Å². The van der Waals surface area contributed by atoms with Gasteiger partial charge in [0, 0.05) is 13.2 Å². The van der Waals surface area contributed by atoms with Crippen LogP contribution in [0.15, 0.2) is 30.5 Å². The van der Waals surface area contributed by atoms with Gasteiger partial charge in [-0.2, -0.15) is 5.10 Å². The maximum atomic E-state index is 11.2. The largest absolute Gasteiger partial charge is 0.487 e. The molecule has 2 aromatic rings. The topological polar surface area (TPSA) is 82.2 Å². The van der Waals surface area contributed by atoms with Crippen LogP contribution in [-0.2, 0) is 13.6 Å². The Kier molecular flexibility index (Phi) is 4.19. The van der Waals surface area contributed by atoms with Crippen molar-refractivity contribution in [2.45, 2.75) is 13.5 Å². The van der Waals surface area contributed by atoms with Crippen molar-refractivity contribution in [3.63, 3.8) is 0 Å². The Morgan fingerprint density at radius 1 is 1.45 bits per heavy atom. The second-order valence-corrected chi connectivity index (χ2v) is 4.18. The number of hydrogen-bond donors (Lipinski definition) is 1. The molecule has 0 spiro atoms. The SMILES string of the molecule is CCOc1cccc(NCc2ccn(C)n2)c1[N+](=O)[O-]. The summed E-state index contributed by atoms with van der Waals surface area (Å²) in [6.45, 7) is 2.58. The fourth-order valence-electron chi connectivity index (χ4n) is 1.87. The predicted octanol–water partition coefficient (Wildman–Crippen LogP) is 2.34. The zero-order chi connectivity index (χ0) is 14.5. The van der Waals surface area contributed by atoms with E-state index in [2.05, 4.69) is 10.4 Å². The molecule has 1 aromatic carbocycles. The van der Waals surface area contributed by atoms with Crippen LogP contribution in [-0.4, -0.2) is 21.3 Å². The Morgan fingerprint density at radius 2 is 2.25 bits per heavy atom. The van der Waals surface area contributed by atoms with Crippen LogP contribution in [0.3, 0.4) is 0 Å². The molecule has 1 aromatic heterocycles. The Labute approximate surface area is 116 Å². The maximum absolute atomic E-state index is 11.2. The number of aryl methyl sites for hydroxylation is 1. The summed E-state index contributed by atoms with van der Waals surface area (Å²) in [5.74, 6) is 0.267. The maximum Gasteiger partial charge on any atom is 0.333 e. The lowest BCUT2D eigenvalue weighted by Crippen LogP contribution is -2.05. The van der Waals surface area contributed by atoms with Gasteiger partial charge in [-0.05, 0) is 25.1 Å². The van der Waals surface area contributed by atoms with Crippen molar-refractivity contribution in [3.8, 4) is 5.75 Å². The molecular formula is C13H16N4O3. The summed E-state index contributed by atoms with van der Waals surface area (Å²) >= 11 is 0. The van der Waals surface area contributed by atoms with Gasteiger partial charge in [0.1, 0.15) is 5.69 Å². The average molecular weight is 276 g/mol. The highest BCUT2D eigenvalue weighted by Crippen LogP contribution is 2.34. The first kappa shape index (κ1) is 13.9. The number of nitrogens with one attached hydrogen (secondary N) is 1. The van der Waals surface area contributed by atoms with Crippen LogP contribution in [0.2, 0.25) is 0 Å². The third-order valence-electron chi connectivity index (χ3n) is 2.71. The summed E-state index contributed by atoms with van der Waals surface area (Å²) in [5, 5.41) is 18.4. The monoisotopic (exact) mass is 276 g/mol. The first-order valence-corrected chi connectivity index (χ1v) is 6.24. The Hall–Kier alpha value is -2.57. The standard InChI is InChI=1S/C13H16N4O3/c1-3-20-12-6-4-5-11(13(12)17(18)19)14-9-10-7-8-16(2)15-10/h4-8,14H,3,9H2,1-2H3. The van der Waals surface area contributed by atoms with Crippen LogP contribution in [0, 0.1) is 10.1 Å². The van der Waals surface area contributed by atoms with Crippen LogP contribution >= 0.6 is 0 Å². The van der Waals surface area contributed by atoms with Gasteiger partial charge in [-0.3, -0.25) is 14.8 Å². The number of hydrogen-bond acceptors (Lipinski definition) is 5. The van der Waals surface area contributed by atoms with Gasteiger partial charge >= 0.3 is 5.69 Å². The fourth-order valence-corrected chi connectivity index (χ4v) is 1.87. The second-order valence-electron chi connectivity index (χ2n) is 4.18. The van der Waals surface area contributed by atoms with E-state index in [1.165, 1.54) is 0 Å². The van der Waals surface area contributed by atoms with Crippen molar-refractivity contribution in [2.75, 3.05) is 11.9 Å². The van der Waals surface area contributed by atoms with Crippen molar-refractivity contribution in [3.05, 3.63) is 46.3 Å². The minimum Gasteiger partial charge on any atom is -0.487 e. The molecule has 0 aliphatic carbocycles. The smallest absolute Gasteiger partial charge is 0.333 e. The molecule has 0 saturated carbocycles. The summed E-state index contributed by atoms with van der Waals surface area (Å²) in [6, 6.07) is 6.82. The highest BCUT2D eigenvalue weighted by atomic mass is 16.6. The van der Waals surface area contributed by atoms with Gasteiger partial charge in [0.2, 0.25) is 0 Å². The Bertz CT molecular complexity index is 609. The lowest BCUT2D eigenvalue weighted by molar-refractivity contribution is -0.384. The molecule has 106 valence electrons. The third-order valence-corrected chi connectivity index (χ3v) is 2.71. The van der Waals surface area contributed by atoms with E-state index < -0.39 is 4.92 Å². The van der Waals surface area contributed by atoms with Crippen molar-refractivity contribution in [2.24, 2.45) is 7.05 Å². The van der Waals surface area contributed by atoms with Crippen molar-refractivity contribution >= 4 is 11.4 Å². The molecule has 2 rings (SSSR count). The van der Waals surface area contributed by atoms with E-state index in [0.717, 1.165) is 5.69 Å². The van der Waals surface area contributed by atoms with E-state index in [1.807, 2.05) is 19.3 Å². The number of anilines is 1. The number of aromatic nitrogens is 2. The summed E-state index contributed by atoms with van der Waals surface area (Å²) in [7, 11) is 1.82. The zero-order valence-electron chi connectivity index (χ0n) is 11.4. The summed E-state index contributed by atoms with van der Waals surface area (Å²) in [4.78, 5) is 10.8. The van der Waals surface area contributed by atoms with E-state index in [1.54, 1.807) is 29.8 Å². The molecular weight excluding hydrogens is 260 g/mol. The molecule has 0 saturated heterocycles. The van der Waals surface area contributed by atoms with Crippen molar-refractivity contribution in [1.29, 1.82) is 0 Å². The third kappa shape index (κ3) is 3.05. The molecule has 1 heterocycles. The molecule has 7 nitrogen and oxygen atoms in total. The first-order valence-electron chi connectivity index (χ1n) is 6.24. The number of rotatable bonds is 6. The van der Waals surface area contributed by atoms with E-state index in [-0.39, 0.29) is 11.4 Å². The lowest BCUT2D eigenvalue weighted by atomic mass is 10.2. The molecule has 20 heavy (non-hydrogen) atoms. The van der Waals surface area contributed by atoms with Gasteiger partial charge in [-0.1, -0.05) is 6.07 Å². The quantitative estimate of drug-likeness (QED) is 0.646. The highest BCUT2D eigenvalue weighted by molar-refractivity contribution is 5.68. The minimum absolute atomic E-state index is 0.0507. The molecule has 7 heteroatoms. The lowest BCUT2D eigenvalue weighted by Gasteiger charge is -2.09. The number of benzene rings is 1. The van der Waals surface area contributed by atoms with Gasteiger partial charge in [0.15, 0.2) is 5.75 Å². The van der Waals surface area contributed by atoms with Crippen LogP contribution in [0.5, 0.6) is 5.75 Å². The molecule has 0 atom stereocenters. The van der Waals surface area contributed by atoms with Crippen molar-refractivity contribution in [1.82, 2.24) is 9.78 Å². The van der Waals surface area contributed by atoms with Crippen LogP contribution in [0.1, 0.15) is 12.6 Å². The van der Waals surface area contributed by atoms with Crippen LogP contribution < -0.4 is 10.1 Å². The molecule has 0 bridgehead atoms. The zero-order valence-corrected chi connectivity index (χ0v) is 11.4. The van der Waals surface area contributed by atoms with E-state index in [9.17, 15) is 10.1 Å². The predicted molar refractivity (Wildman–Crippen MR) is 74.8 cm³/mol. The summed E-state index contributed by atoms with van der Waals surface area (Å²) < 4.78 is 6.98. The Morgan fingerprint density at radius 3 is 2.85 bits per heavy atom. The average Bonchev–Trinajstić information content (AvgIpc) is 2.82. The van der Waals surface area contributed by atoms with Gasteiger partial charge < -0.3 is 10.1 Å². The molecule has 0 aliphatic rings. The number of nitro benzene ring substituents is 1. The number of ether oxygens (including phenoxy) is 1. The van der Waals surface area contributed by atoms with Gasteiger partial charge in [0.25, 0.3) is 0 Å². The van der Waals surface area contributed by atoms with Crippen LogP contribution in [0.4, 0.5) is 11.4 Å². The van der Waals surface area contributed by atoms with Gasteiger partial charge in [0.05, 0.1) is 23.8 Å². The number of nitro groups is 1. The molecule has 0 amide bonds. The Balaban J connectivity index is 2.22. The number of para-hydroxylation sites is 1. The molecule has 0 radical (unpaired) electrons. The first-order chi connectivity index (χ1) is 9.61. The van der Waals surface area contributed by atoms with Crippen LogP contribution in [0.25, 0.3) is 0 Å². The van der Waals surface area contributed by atoms with E-state index in [0.29, 0.717) is 18.8 Å². The highest BCUT2D eigenvalue weighted by Gasteiger charge is 2.20. The fraction of sp³-hybridized carbons (Fsp3) is 0.308. The molecule has 0 fully saturated rings. The van der Waals surface area contributed by atoms with E-state index in [4.69, 9.17) is 4.74 Å². The van der Waals surface area contributed by atoms with Gasteiger partial charge in [-0.15, -0.1) is 0 Å². The molecule has 1 N–H and O–H groups in total. The minimum atomic E-state index is -0.439. The summed E-state index contributed by atoms with van der Waals surface area (Å²) in [5.41, 5.74) is 1.18. The number of nitrogens with zero attached hydrogens (tertiary/aromatic N) is 3. The normalized spacial score (nSPS) is 10.3.